The number of aliphatic hydroxyl groups excluding tert-OH is 1. The van der Waals surface area contributed by atoms with Crippen molar-refractivity contribution >= 4 is 24.0 Å². The molecule has 0 rings (SSSR count). The molecular formula is C2H4BrNaO3P+. The maximum Gasteiger partial charge on any atom is 1.00 e. The molecule has 0 saturated carbocycles. The van der Waals surface area contributed by atoms with Crippen molar-refractivity contribution in [1.82, 2.24) is 0 Å². The summed E-state index contributed by atoms with van der Waals surface area (Å²) >= 11 is 2.78. The first-order valence-electron chi connectivity index (χ1n) is 1.56. The minimum absolute atomic E-state index is 0. The summed E-state index contributed by atoms with van der Waals surface area (Å²) in [6.07, 6.45) is 0. The van der Waals surface area contributed by atoms with Crippen molar-refractivity contribution in [3.8, 4) is 0 Å². The first kappa shape index (κ1) is 12.2. The Labute approximate surface area is 78.8 Å². The Bertz CT molecular complexity index is 79.7. The van der Waals surface area contributed by atoms with Gasteiger partial charge in [0.25, 0.3) is 5.85 Å². The smallest absolute Gasteiger partial charge is 0.593 e. The van der Waals surface area contributed by atoms with E-state index in [9.17, 15) is 9.46 Å². The van der Waals surface area contributed by atoms with Gasteiger partial charge in [0.05, 0.1) is 5.33 Å². The van der Waals surface area contributed by atoms with Crippen molar-refractivity contribution in [2.75, 3.05) is 5.33 Å². The molecule has 0 fully saturated rings. The molecule has 0 aliphatic rings. The van der Waals surface area contributed by atoms with Crippen LogP contribution in [0.1, 0.15) is 0 Å². The molecule has 6 heteroatoms. The second-order valence-corrected chi connectivity index (χ2v) is 2.73. The Hall–Kier alpha value is 1.50. The molecule has 2 atom stereocenters. The Balaban J connectivity index is 0. The van der Waals surface area contributed by atoms with Gasteiger partial charge >= 0.3 is 37.6 Å². The van der Waals surface area contributed by atoms with E-state index in [0.29, 0.717) is 0 Å². The predicted molar refractivity (Wildman–Crippen MR) is 27.4 cm³/mol. The van der Waals surface area contributed by atoms with Crippen molar-refractivity contribution in [3.05, 3.63) is 0 Å². The van der Waals surface area contributed by atoms with Crippen LogP contribution in [-0.2, 0) is 4.57 Å². The van der Waals surface area contributed by atoms with Gasteiger partial charge in [-0.15, -0.1) is 0 Å². The summed E-state index contributed by atoms with van der Waals surface area (Å²) in [4.78, 5) is 9.69. The molecule has 3 nitrogen and oxygen atoms in total. The van der Waals surface area contributed by atoms with Crippen LogP contribution in [0.2, 0.25) is 0 Å². The Kier molecular flexibility index (Phi) is 10.1. The van der Waals surface area contributed by atoms with Gasteiger partial charge in [-0.3, -0.25) is 0 Å². The molecule has 0 aromatic heterocycles. The molecule has 8 heavy (non-hydrogen) atoms. The fourth-order valence-electron chi connectivity index (χ4n) is 0.0563. The molecule has 1 N–H and O–H groups in total. The van der Waals surface area contributed by atoms with Crippen LogP contribution in [0.5, 0.6) is 0 Å². The summed E-state index contributed by atoms with van der Waals surface area (Å²) in [5.41, 5.74) is 0. The van der Waals surface area contributed by atoms with Crippen LogP contribution in [0.3, 0.4) is 0 Å². The summed E-state index contributed by atoms with van der Waals surface area (Å²) in [6.45, 7) is 0. The molecule has 2 unspecified atom stereocenters. The SMILES string of the molecule is O=[P+]([O-])C(O)CBr.[Na+]. The molecule has 0 heterocycles. The number of hydrogen-bond acceptors (Lipinski definition) is 3. The van der Waals surface area contributed by atoms with E-state index < -0.39 is 13.9 Å². The normalized spacial score (nSPS) is 14.1. The van der Waals surface area contributed by atoms with Gasteiger partial charge in [0, 0.05) is 0 Å². The summed E-state index contributed by atoms with van der Waals surface area (Å²) in [5, 5.41) is 8.38. The molecule has 0 aliphatic heterocycles. The number of halogens is 1. The molecule has 0 bridgehead atoms. The van der Waals surface area contributed by atoms with Gasteiger partial charge in [0.1, 0.15) is 0 Å². The quantitative estimate of drug-likeness (QED) is 0.296. The van der Waals surface area contributed by atoms with Gasteiger partial charge in [-0.05, 0) is 0 Å². The fraction of sp³-hybridized carbons (Fsp3) is 1.00. The summed E-state index contributed by atoms with van der Waals surface area (Å²) in [7, 11) is -2.65. The zero-order valence-corrected chi connectivity index (χ0v) is 8.85. The van der Waals surface area contributed by atoms with Gasteiger partial charge in [0.2, 0.25) is 0 Å². The number of aliphatic hydroxyl groups is 1. The molecule has 0 spiro atoms. The van der Waals surface area contributed by atoms with Crippen LogP contribution < -0.4 is 34.5 Å². The van der Waals surface area contributed by atoms with Crippen LogP contribution >= 0.6 is 24.0 Å². The number of hydrogen-bond donors (Lipinski definition) is 1. The third-order valence-electron chi connectivity index (χ3n) is 0.381. The van der Waals surface area contributed by atoms with Crippen LogP contribution in [0, 0.1) is 0 Å². The van der Waals surface area contributed by atoms with E-state index in [1.54, 1.807) is 0 Å². The summed E-state index contributed by atoms with van der Waals surface area (Å²) in [5.74, 6) is -1.23. The summed E-state index contributed by atoms with van der Waals surface area (Å²) in [6, 6.07) is 0. The van der Waals surface area contributed by atoms with E-state index in [2.05, 4.69) is 15.9 Å². The molecule has 0 aromatic rings. The zero-order valence-electron chi connectivity index (χ0n) is 4.37. The minimum Gasteiger partial charge on any atom is -0.593 e. The maximum absolute atomic E-state index is 9.69. The number of rotatable bonds is 2. The average molecular weight is 210 g/mol. The van der Waals surface area contributed by atoms with Gasteiger partial charge < -0.3 is 10.00 Å². The standard InChI is InChI=1S/C2H4BrO3P.Na/c3-1-2(4)7(5)6;/h2,4H,1H2;/q;+1. The number of alkyl halides is 1. The van der Waals surface area contributed by atoms with Gasteiger partial charge in [0.15, 0.2) is 0 Å². The predicted octanol–water partition coefficient (Wildman–Crippen LogP) is -3.19. The molecule has 42 valence electrons. The van der Waals surface area contributed by atoms with E-state index >= 15 is 0 Å². The van der Waals surface area contributed by atoms with E-state index in [1.165, 1.54) is 0 Å². The second-order valence-electron chi connectivity index (χ2n) is 0.920. The largest absolute Gasteiger partial charge is 1.00 e. The van der Waals surface area contributed by atoms with E-state index in [1.807, 2.05) is 0 Å². The Morgan fingerprint density at radius 3 is 2.25 bits per heavy atom. The zero-order chi connectivity index (χ0) is 5.86. The molecule has 0 aromatic carbocycles. The van der Waals surface area contributed by atoms with Crippen LogP contribution in [0.25, 0.3) is 0 Å². The molecule has 0 radical (unpaired) electrons. The topological polar surface area (TPSA) is 60.4 Å². The fourth-order valence-corrected chi connectivity index (χ4v) is 0.878. The van der Waals surface area contributed by atoms with Crippen LogP contribution in [0.4, 0.5) is 0 Å². The van der Waals surface area contributed by atoms with Gasteiger partial charge in [-0.25, -0.2) is 0 Å². The van der Waals surface area contributed by atoms with E-state index in [0.717, 1.165) is 0 Å². The van der Waals surface area contributed by atoms with E-state index in [4.69, 9.17) is 5.11 Å². The van der Waals surface area contributed by atoms with Gasteiger partial charge in [-0.2, -0.15) is 0 Å². The second kappa shape index (κ2) is 6.62. The van der Waals surface area contributed by atoms with Crippen LogP contribution in [0.15, 0.2) is 0 Å². The molecule has 0 amide bonds. The van der Waals surface area contributed by atoms with Crippen molar-refractivity contribution < 1.29 is 44.1 Å². The van der Waals surface area contributed by atoms with Crippen molar-refractivity contribution in [2.45, 2.75) is 5.85 Å². The summed E-state index contributed by atoms with van der Waals surface area (Å²) < 4.78 is 9.69. The van der Waals surface area contributed by atoms with Crippen molar-refractivity contribution in [1.29, 1.82) is 0 Å². The first-order chi connectivity index (χ1) is 3.18. The van der Waals surface area contributed by atoms with Crippen molar-refractivity contribution in [3.63, 3.8) is 0 Å². The third-order valence-corrected chi connectivity index (χ3v) is 2.16. The Morgan fingerprint density at radius 1 is 1.88 bits per heavy atom. The molecule has 0 aliphatic carbocycles. The Morgan fingerprint density at radius 2 is 2.25 bits per heavy atom. The maximum atomic E-state index is 9.69. The van der Waals surface area contributed by atoms with Crippen LogP contribution in [-0.4, -0.2) is 16.3 Å². The minimum atomic E-state index is -2.65. The van der Waals surface area contributed by atoms with Gasteiger partial charge in [-0.1, -0.05) is 20.5 Å². The van der Waals surface area contributed by atoms with E-state index in [-0.39, 0.29) is 34.9 Å². The molecular weight excluding hydrogens is 206 g/mol. The molecule has 0 saturated heterocycles. The first-order valence-corrected chi connectivity index (χ1v) is 3.93. The monoisotopic (exact) mass is 209 g/mol. The third kappa shape index (κ3) is 5.63. The average Bonchev–Trinajstić information content (AvgIpc) is 1.65. The van der Waals surface area contributed by atoms with Crippen molar-refractivity contribution in [2.24, 2.45) is 0 Å².